The van der Waals surface area contributed by atoms with Crippen LogP contribution in [0, 0.1) is 6.92 Å². The molecule has 1 aliphatic rings. The summed E-state index contributed by atoms with van der Waals surface area (Å²) in [4.78, 5) is 24.2. The van der Waals surface area contributed by atoms with E-state index in [-0.39, 0.29) is 5.91 Å². The number of aryl methyl sites for hydroxylation is 1. The van der Waals surface area contributed by atoms with E-state index >= 15 is 0 Å². The van der Waals surface area contributed by atoms with Gasteiger partial charge in [-0.2, -0.15) is 0 Å². The van der Waals surface area contributed by atoms with E-state index in [0.29, 0.717) is 13.2 Å². The van der Waals surface area contributed by atoms with Crippen LogP contribution in [0.3, 0.4) is 0 Å². The Hall–Kier alpha value is -1.69. The Bertz CT molecular complexity index is 477. The maximum absolute atomic E-state index is 12.2. The van der Waals surface area contributed by atoms with Gasteiger partial charge in [-0.3, -0.25) is 4.79 Å². The largest absolute Gasteiger partial charge is 0.362 e. The Morgan fingerprint density at radius 2 is 2.21 bits per heavy atom. The van der Waals surface area contributed by atoms with Crippen molar-refractivity contribution in [3.05, 3.63) is 18.1 Å². The summed E-state index contributed by atoms with van der Waals surface area (Å²) in [6.07, 6.45) is 1.55. The minimum Gasteiger partial charge on any atom is -0.362 e. The number of likely N-dealkylation sites (N-methyl/N-ethyl adjacent to an activating group) is 1. The van der Waals surface area contributed by atoms with Gasteiger partial charge in [-0.1, -0.05) is 0 Å². The summed E-state index contributed by atoms with van der Waals surface area (Å²) < 4.78 is 5.69. The van der Waals surface area contributed by atoms with E-state index < -0.39 is 5.60 Å². The third-order valence-corrected chi connectivity index (χ3v) is 3.25. The summed E-state index contributed by atoms with van der Waals surface area (Å²) in [6, 6.07) is 1.92. The molecule has 0 unspecified atom stereocenters. The van der Waals surface area contributed by atoms with Gasteiger partial charge in [0.2, 0.25) is 0 Å². The molecule has 0 aromatic carbocycles. The lowest BCUT2D eigenvalue weighted by atomic mass is 10.0. The van der Waals surface area contributed by atoms with Crippen LogP contribution in [0.15, 0.2) is 12.4 Å². The first kappa shape index (κ1) is 13.7. The fourth-order valence-electron chi connectivity index (χ4n) is 2.28. The van der Waals surface area contributed by atoms with Crippen LogP contribution in [0.25, 0.3) is 0 Å². The molecular weight excluding hydrogens is 244 g/mol. The van der Waals surface area contributed by atoms with Crippen molar-refractivity contribution >= 4 is 11.7 Å². The molecule has 0 radical (unpaired) electrons. The third kappa shape index (κ3) is 2.84. The van der Waals surface area contributed by atoms with E-state index in [1.165, 1.54) is 0 Å². The lowest BCUT2D eigenvalue weighted by Crippen LogP contribution is -2.58. The second-order valence-electron chi connectivity index (χ2n) is 5.22. The second-order valence-corrected chi connectivity index (χ2v) is 5.22. The van der Waals surface area contributed by atoms with Gasteiger partial charge < -0.3 is 14.5 Å². The number of amides is 1. The first-order chi connectivity index (χ1) is 8.92. The molecule has 0 spiro atoms. The summed E-state index contributed by atoms with van der Waals surface area (Å²) in [5.74, 6) is 0.816. The number of carbonyl (C=O) groups excluding carboxylic acids is 1. The molecule has 1 saturated heterocycles. The highest BCUT2D eigenvalue weighted by Crippen LogP contribution is 2.23. The fourth-order valence-corrected chi connectivity index (χ4v) is 2.28. The van der Waals surface area contributed by atoms with E-state index in [0.717, 1.165) is 18.1 Å². The molecule has 1 aliphatic heterocycles. The molecule has 6 nitrogen and oxygen atoms in total. The van der Waals surface area contributed by atoms with E-state index in [2.05, 4.69) is 14.9 Å². The van der Waals surface area contributed by atoms with Gasteiger partial charge >= 0.3 is 0 Å². The Morgan fingerprint density at radius 3 is 2.84 bits per heavy atom. The van der Waals surface area contributed by atoms with Crippen molar-refractivity contribution in [1.82, 2.24) is 14.9 Å². The van der Waals surface area contributed by atoms with E-state index in [1.54, 1.807) is 25.3 Å². The first-order valence-electron chi connectivity index (χ1n) is 6.32. The maximum Gasteiger partial charge on any atom is 0.255 e. The van der Waals surface area contributed by atoms with Crippen molar-refractivity contribution in [2.75, 3.05) is 38.7 Å². The van der Waals surface area contributed by atoms with Gasteiger partial charge in [0.15, 0.2) is 5.60 Å². The topological polar surface area (TPSA) is 58.6 Å². The highest BCUT2D eigenvalue weighted by atomic mass is 16.5. The van der Waals surface area contributed by atoms with Gasteiger partial charge in [0.25, 0.3) is 5.91 Å². The lowest BCUT2D eigenvalue weighted by Gasteiger charge is -2.40. The SMILES string of the molecule is Cc1cc(N2CCO[C@@](C)(C(=O)N(C)C)C2)ncn1. The van der Waals surface area contributed by atoms with Gasteiger partial charge in [0.1, 0.15) is 12.1 Å². The molecule has 6 heteroatoms. The van der Waals surface area contributed by atoms with Gasteiger partial charge in [-0.25, -0.2) is 9.97 Å². The highest BCUT2D eigenvalue weighted by Gasteiger charge is 2.40. The molecule has 0 N–H and O–H groups in total. The van der Waals surface area contributed by atoms with Crippen LogP contribution in [0.5, 0.6) is 0 Å². The van der Waals surface area contributed by atoms with Crippen LogP contribution in [0.2, 0.25) is 0 Å². The summed E-state index contributed by atoms with van der Waals surface area (Å²) in [6.45, 7) is 5.50. The molecule has 2 rings (SSSR count). The number of nitrogens with zero attached hydrogens (tertiary/aromatic N) is 4. The van der Waals surface area contributed by atoms with Crippen molar-refractivity contribution in [3.63, 3.8) is 0 Å². The van der Waals surface area contributed by atoms with Gasteiger partial charge in [0, 0.05) is 32.4 Å². The zero-order valence-corrected chi connectivity index (χ0v) is 11.9. The van der Waals surface area contributed by atoms with Crippen molar-refractivity contribution in [3.8, 4) is 0 Å². The molecule has 1 fully saturated rings. The zero-order chi connectivity index (χ0) is 14.0. The average molecular weight is 264 g/mol. The predicted molar refractivity (Wildman–Crippen MR) is 72.0 cm³/mol. The standard InChI is InChI=1S/C13H20N4O2/c1-10-7-11(15-9-14-10)17-5-6-19-13(2,8-17)12(18)16(3)4/h7,9H,5-6,8H2,1-4H3/t13-/m1/s1. The average Bonchev–Trinajstić information content (AvgIpc) is 2.38. The van der Waals surface area contributed by atoms with Crippen LogP contribution in [0.1, 0.15) is 12.6 Å². The Morgan fingerprint density at radius 1 is 1.47 bits per heavy atom. The summed E-state index contributed by atoms with van der Waals surface area (Å²) in [5, 5.41) is 0. The molecule has 2 heterocycles. The van der Waals surface area contributed by atoms with Crippen molar-refractivity contribution < 1.29 is 9.53 Å². The molecule has 1 amide bonds. The number of aromatic nitrogens is 2. The van der Waals surface area contributed by atoms with Crippen molar-refractivity contribution in [2.24, 2.45) is 0 Å². The lowest BCUT2D eigenvalue weighted by molar-refractivity contribution is -0.155. The molecule has 0 bridgehead atoms. The highest BCUT2D eigenvalue weighted by molar-refractivity contribution is 5.85. The number of hydrogen-bond acceptors (Lipinski definition) is 5. The predicted octanol–water partition coefficient (Wildman–Crippen LogP) is 0.469. The number of hydrogen-bond donors (Lipinski definition) is 0. The number of rotatable bonds is 2. The van der Waals surface area contributed by atoms with Gasteiger partial charge in [-0.05, 0) is 13.8 Å². The molecule has 1 aromatic rings. The fraction of sp³-hybridized carbons (Fsp3) is 0.615. The molecule has 104 valence electrons. The Kier molecular flexibility index (Phi) is 3.71. The zero-order valence-electron chi connectivity index (χ0n) is 11.9. The Labute approximate surface area is 113 Å². The minimum absolute atomic E-state index is 0.0250. The molecule has 1 aromatic heterocycles. The van der Waals surface area contributed by atoms with E-state index in [1.807, 2.05) is 19.9 Å². The molecule has 0 aliphatic carbocycles. The smallest absolute Gasteiger partial charge is 0.255 e. The van der Waals surface area contributed by atoms with Crippen LogP contribution in [0.4, 0.5) is 5.82 Å². The molecule has 19 heavy (non-hydrogen) atoms. The van der Waals surface area contributed by atoms with Crippen LogP contribution in [-0.4, -0.2) is 60.2 Å². The van der Waals surface area contributed by atoms with Crippen molar-refractivity contribution in [1.29, 1.82) is 0 Å². The quantitative estimate of drug-likeness (QED) is 0.777. The van der Waals surface area contributed by atoms with Crippen LogP contribution in [-0.2, 0) is 9.53 Å². The summed E-state index contributed by atoms with van der Waals surface area (Å²) >= 11 is 0. The molecule has 0 saturated carbocycles. The van der Waals surface area contributed by atoms with Crippen LogP contribution < -0.4 is 4.90 Å². The Balaban J connectivity index is 2.19. The monoisotopic (exact) mass is 264 g/mol. The van der Waals surface area contributed by atoms with Crippen molar-refractivity contribution in [2.45, 2.75) is 19.4 Å². The van der Waals surface area contributed by atoms with E-state index in [9.17, 15) is 4.79 Å². The minimum atomic E-state index is -0.819. The summed E-state index contributed by atoms with van der Waals surface area (Å²) in [7, 11) is 3.48. The van der Waals surface area contributed by atoms with Gasteiger partial charge in [-0.15, -0.1) is 0 Å². The normalized spacial score (nSPS) is 23.3. The number of anilines is 1. The maximum atomic E-state index is 12.2. The third-order valence-electron chi connectivity index (χ3n) is 3.25. The summed E-state index contributed by atoms with van der Waals surface area (Å²) in [5.41, 5.74) is 0.0952. The molecular formula is C13H20N4O2. The number of morpholine rings is 1. The first-order valence-corrected chi connectivity index (χ1v) is 6.32. The molecule has 1 atom stereocenters. The van der Waals surface area contributed by atoms with Gasteiger partial charge in [0.05, 0.1) is 13.2 Å². The number of ether oxygens (including phenoxy) is 1. The number of carbonyl (C=O) groups is 1. The van der Waals surface area contributed by atoms with Crippen LogP contribution >= 0.6 is 0 Å². The second kappa shape index (κ2) is 5.13. The van der Waals surface area contributed by atoms with E-state index in [4.69, 9.17) is 4.74 Å².